The second-order valence-electron chi connectivity index (χ2n) is 14.0. The van der Waals surface area contributed by atoms with Gasteiger partial charge in [-0.15, -0.1) is 0 Å². The third-order valence-corrected chi connectivity index (χ3v) is 10.5. The van der Waals surface area contributed by atoms with Crippen LogP contribution in [0.2, 0.25) is 0 Å². The van der Waals surface area contributed by atoms with Crippen LogP contribution in [0.5, 0.6) is 0 Å². The molecule has 6 aromatic carbocycles. The summed E-state index contributed by atoms with van der Waals surface area (Å²) in [5, 5.41) is 2.36. The number of para-hydroxylation sites is 1. The Balaban J connectivity index is 1.09. The van der Waals surface area contributed by atoms with Crippen molar-refractivity contribution in [2.45, 2.75) is 19.3 Å². The van der Waals surface area contributed by atoms with Crippen LogP contribution in [0.1, 0.15) is 25.0 Å². The molecule has 0 unspecified atom stereocenters. The molecule has 0 bridgehead atoms. The molecule has 52 heavy (non-hydrogen) atoms. The molecular formula is C47H33N5. The molecule has 3 heterocycles. The quantitative estimate of drug-likeness (QED) is 0.183. The van der Waals surface area contributed by atoms with E-state index in [2.05, 4.69) is 146 Å². The van der Waals surface area contributed by atoms with Crippen molar-refractivity contribution in [3.8, 4) is 62.1 Å². The fourth-order valence-electron chi connectivity index (χ4n) is 7.88. The monoisotopic (exact) mass is 667 g/mol. The first-order chi connectivity index (χ1) is 25.5. The predicted molar refractivity (Wildman–Crippen MR) is 211 cm³/mol. The second-order valence-corrected chi connectivity index (χ2v) is 14.0. The summed E-state index contributed by atoms with van der Waals surface area (Å²) in [4.78, 5) is 20.1. The van der Waals surface area contributed by atoms with Gasteiger partial charge in [0.1, 0.15) is 5.65 Å². The van der Waals surface area contributed by atoms with Gasteiger partial charge in [-0.3, -0.25) is 4.57 Å². The van der Waals surface area contributed by atoms with Gasteiger partial charge in [0.05, 0.1) is 5.52 Å². The molecule has 1 aliphatic carbocycles. The second kappa shape index (κ2) is 11.7. The van der Waals surface area contributed by atoms with Crippen LogP contribution in [0.4, 0.5) is 0 Å². The molecule has 0 radical (unpaired) electrons. The zero-order valence-corrected chi connectivity index (χ0v) is 28.8. The van der Waals surface area contributed by atoms with Crippen molar-refractivity contribution < 1.29 is 0 Å². The average Bonchev–Trinajstić information content (AvgIpc) is 3.66. The molecule has 1 aliphatic rings. The van der Waals surface area contributed by atoms with Crippen LogP contribution in [-0.4, -0.2) is 24.5 Å². The van der Waals surface area contributed by atoms with E-state index in [1.807, 2.05) is 36.5 Å². The summed E-state index contributed by atoms with van der Waals surface area (Å²) < 4.78 is 2.29. The van der Waals surface area contributed by atoms with Crippen LogP contribution in [0.15, 0.2) is 164 Å². The number of aromatic nitrogens is 5. The molecule has 0 amide bonds. The van der Waals surface area contributed by atoms with Gasteiger partial charge < -0.3 is 0 Å². The Labute approximate surface area is 302 Å². The number of benzene rings is 6. The molecule has 0 aliphatic heterocycles. The van der Waals surface area contributed by atoms with Crippen LogP contribution >= 0.6 is 0 Å². The van der Waals surface area contributed by atoms with Gasteiger partial charge >= 0.3 is 0 Å². The SMILES string of the molecule is CC1(C)c2cc(-c3nc(-c4ccccc4)nc(-c4cccc(-c5ccccc5)c4)n3)ccc2-c2ccc(-n3c4ccccc4c4cccnc43)cc21. The Kier molecular flexibility index (Phi) is 6.77. The predicted octanol–water partition coefficient (Wildman–Crippen LogP) is 11.3. The van der Waals surface area contributed by atoms with Gasteiger partial charge in [0, 0.05) is 44.8 Å². The zero-order chi connectivity index (χ0) is 34.8. The van der Waals surface area contributed by atoms with Gasteiger partial charge in [0.2, 0.25) is 0 Å². The minimum atomic E-state index is -0.259. The van der Waals surface area contributed by atoms with Gasteiger partial charge in [-0.2, -0.15) is 0 Å². The summed E-state index contributed by atoms with van der Waals surface area (Å²) in [5.41, 5.74) is 13.1. The first-order valence-electron chi connectivity index (χ1n) is 17.6. The van der Waals surface area contributed by atoms with Crippen molar-refractivity contribution in [1.82, 2.24) is 24.5 Å². The molecule has 10 rings (SSSR count). The highest BCUT2D eigenvalue weighted by Gasteiger charge is 2.36. The lowest BCUT2D eigenvalue weighted by Crippen LogP contribution is -2.15. The van der Waals surface area contributed by atoms with Gasteiger partial charge in [-0.25, -0.2) is 19.9 Å². The highest BCUT2D eigenvalue weighted by Crippen LogP contribution is 2.50. The third kappa shape index (κ3) is 4.78. The number of rotatable bonds is 5. The minimum absolute atomic E-state index is 0.259. The summed E-state index contributed by atoms with van der Waals surface area (Å²) in [6.07, 6.45) is 1.88. The van der Waals surface area contributed by atoms with E-state index >= 15 is 0 Å². The number of pyridine rings is 1. The number of nitrogens with zero attached hydrogens (tertiary/aromatic N) is 5. The van der Waals surface area contributed by atoms with E-state index in [1.54, 1.807) is 0 Å². The third-order valence-electron chi connectivity index (χ3n) is 10.5. The Morgan fingerprint density at radius 1 is 0.442 bits per heavy atom. The first kappa shape index (κ1) is 30.1. The van der Waals surface area contributed by atoms with E-state index in [-0.39, 0.29) is 5.41 Å². The number of hydrogen-bond donors (Lipinski definition) is 0. The lowest BCUT2D eigenvalue weighted by atomic mass is 9.82. The summed E-state index contributed by atoms with van der Waals surface area (Å²) in [5.74, 6) is 1.95. The largest absolute Gasteiger partial charge is 0.294 e. The molecule has 0 N–H and O–H groups in total. The molecule has 0 atom stereocenters. The van der Waals surface area contributed by atoms with Gasteiger partial charge in [0.15, 0.2) is 17.5 Å². The summed E-state index contributed by atoms with van der Waals surface area (Å²) >= 11 is 0. The Morgan fingerprint density at radius 2 is 1.02 bits per heavy atom. The normalized spacial score (nSPS) is 13.0. The molecule has 0 fully saturated rings. The minimum Gasteiger partial charge on any atom is -0.294 e. The molecule has 0 saturated carbocycles. The summed E-state index contributed by atoms with van der Waals surface area (Å²) in [6.45, 7) is 4.64. The molecule has 5 nitrogen and oxygen atoms in total. The lowest BCUT2D eigenvalue weighted by Gasteiger charge is -2.23. The number of fused-ring (bicyclic) bond motifs is 6. The van der Waals surface area contributed by atoms with Crippen LogP contribution in [0, 0.1) is 0 Å². The average molecular weight is 668 g/mol. The fraction of sp³-hybridized carbons (Fsp3) is 0.0638. The van der Waals surface area contributed by atoms with E-state index < -0.39 is 0 Å². The van der Waals surface area contributed by atoms with E-state index in [4.69, 9.17) is 19.9 Å². The first-order valence-corrected chi connectivity index (χ1v) is 17.6. The van der Waals surface area contributed by atoms with E-state index in [0.717, 1.165) is 50.1 Å². The van der Waals surface area contributed by atoms with E-state index in [9.17, 15) is 0 Å². The van der Waals surface area contributed by atoms with Gasteiger partial charge in [0.25, 0.3) is 0 Å². The Morgan fingerprint density at radius 3 is 1.79 bits per heavy atom. The maximum atomic E-state index is 5.13. The molecule has 3 aromatic heterocycles. The Bertz CT molecular complexity index is 2760. The smallest absolute Gasteiger partial charge is 0.164 e. The Hall–Kier alpha value is -6.72. The molecule has 246 valence electrons. The lowest BCUT2D eigenvalue weighted by molar-refractivity contribution is 0.660. The van der Waals surface area contributed by atoms with Crippen LogP contribution < -0.4 is 0 Å². The van der Waals surface area contributed by atoms with Crippen molar-refractivity contribution in [1.29, 1.82) is 0 Å². The molecule has 9 aromatic rings. The van der Waals surface area contributed by atoms with Gasteiger partial charge in [-0.05, 0) is 75.8 Å². The molecule has 5 heteroatoms. The maximum absolute atomic E-state index is 5.13. The maximum Gasteiger partial charge on any atom is 0.164 e. The van der Waals surface area contributed by atoms with Crippen LogP contribution in [0.25, 0.3) is 84.0 Å². The molecule has 0 spiro atoms. The molecule has 0 saturated heterocycles. The van der Waals surface area contributed by atoms with Gasteiger partial charge in [-0.1, -0.05) is 129 Å². The highest BCUT2D eigenvalue weighted by atomic mass is 15.0. The topological polar surface area (TPSA) is 56.5 Å². The van der Waals surface area contributed by atoms with E-state index in [0.29, 0.717) is 17.5 Å². The summed E-state index contributed by atoms with van der Waals surface area (Å²) in [7, 11) is 0. The van der Waals surface area contributed by atoms with Crippen molar-refractivity contribution in [2.75, 3.05) is 0 Å². The van der Waals surface area contributed by atoms with Crippen LogP contribution in [0.3, 0.4) is 0 Å². The van der Waals surface area contributed by atoms with Crippen LogP contribution in [-0.2, 0) is 5.41 Å². The molecular weight excluding hydrogens is 635 g/mol. The van der Waals surface area contributed by atoms with Crippen molar-refractivity contribution >= 4 is 21.9 Å². The van der Waals surface area contributed by atoms with Crippen molar-refractivity contribution in [3.05, 3.63) is 175 Å². The zero-order valence-electron chi connectivity index (χ0n) is 28.8. The highest BCUT2D eigenvalue weighted by molar-refractivity contribution is 6.07. The fourth-order valence-corrected chi connectivity index (χ4v) is 7.88. The van der Waals surface area contributed by atoms with Crippen molar-refractivity contribution in [3.63, 3.8) is 0 Å². The van der Waals surface area contributed by atoms with E-state index in [1.165, 1.54) is 27.6 Å². The number of hydrogen-bond acceptors (Lipinski definition) is 4. The summed E-state index contributed by atoms with van der Waals surface area (Å²) in [6, 6.07) is 55.3. The standard InChI is InChI=1S/C47H33N5/c1-47(2)40-28-34(22-24-36(40)37-25-23-35(29-41(37)47)52-42-21-10-9-19-38(42)39-20-12-26-48-46(39)52)45-50-43(31-15-7-4-8-16-31)49-44(51-45)33-18-11-17-32(27-33)30-13-5-3-6-14-30/h3-29H,1-2H3. The van der Waals surface area contributed by atoms with Crippen molar-refractivity contribution in [2.24, 2.45) is 0 Å².